The van der Waals surface area contributed by atoms with Gasteiger partial charge in [0.05, 0.1) is 12.2 Å². The number of piperazine rings is 1. The molecule has 0 aromatic heterocycles. The Hall–Kier alpha value is -1.84. The highest BCUT2D eigenvalue weighted by Crippen LogP contribution is 2.52. The average Bonchev–Trinajstić information content (AvgIpc) is 3.34. The number of hydrogen-bond acceptors (Lipinski definition) is 5. The van der Waals surface area contributed by atoms with Crippen molar-refractivity contribution in [1.82, 2.24) is 9.80 Å². The van der Waals surface area contributed by atoms with Crippen LogP contribution in [0, 0.1) is 23.7 Å². The van der Waals surface area contributed by atoms with Crippen molar-refractivity contribution in [3.05, 3.63) is 41.5 Å². The molecule has 34 heavy (non-hydrogen) atoms. The molecule has 6 atom stereocenters. The summed E-state index contributed by atoms with van der Waals surface area (Å²) in [5.41, 5.74) is 2.53. The molecular weight excluding hydrogens is 424 g/mol. The second kappa shape index (κ2) is 11.7. The number of aliphatic hydroxyl groups is 2. The van der Waals surface area contributed by atoms with E-state index in [1.807, 2.05) is 26.0 Å². The molecule has 0 spiro atoms. The van der Waals surface area contributed by atoms with Crippen LogP contribution in [-0.4, -0.2) is 78.1 Å². The Labute approximate surface area is 205 Å². The number of unbranched alkanes of at least 4 members (excludes halogenated alkanes) is 1. The molecule has 3 aliphatic rings. The van der Waals surface area contributed by atoms with Gasteiger partial charge in [-0.05, 0) is 51.3 Å². The second-order valence-electron chi connectivity index (χ2n) is 10.5. The van der Waals surface area contributed by atoms with Gasteiger partial charge in [-0.15, -0.1) is 11.8 Å². The number of nitrogens with zero attached hydrogens (tertiary/aromatic N) is 2. The van der Waals surface area contributed by atoms with Crippen LogP contribution in [0.25, 0.3) is 0 Å². The van der Waals surface area contributed by atoms with Crippen LogP contribution in [0.4, 0.5) is 0 Å². The van der Waals surface area contributed by atoms with Crippen molar-refractivity contribution in [1.29, 1.82) is 0 Å². The summed E-state index contributed by atoms with van der Waals surface area (Å²) in [4.78, 5) is 4.98. The maximum Gasteiger partial charge on any atom is 0.126 e. The summed E-state index contributed by atoms with van der Waals surface area (Å²) in [5, 5.41) is 21.3. The first-order chi connectivity index (χ1) is 16.5. The van der Waals surface area contributed by atoms with Gasteiger partial charge >= 0.3 is 0 Å². The summed E-state index contributed by atoms with van der Waals surface area (Å²) in [6.07, 6.45) is 7.64. The standard InChI is InChI=1S/C29H42N2O3/c1-4-5-9-21(2)25(32)14-13-23-26(33)20-27-28(23)24-12-8-11-22(29(24)34-27)10-6-7-15-31-18-16-30(3)17-19-31/h8,11-14,21,23,25-28,32-33H,6-7,9-10,15-20H2,1-3H3/b14-13+/t21-,23-,25+,26+,27-,28-/m0/s1. The lowest BCUT2D eigenvalue weighted by molar-refractivity contribution is 0.134. The average molecular weight is 467 g/mol. The van der Waals surface area contributed by atoms with Crippen LogP contribution in [0.1, 0.15) is 56.6 Å². The normalized spacial score (nSPS) is 28.7. The van der Waals surface area contributed by atoms with Gasteiger partial charge in [0.2, 0.25) is 0 Å². The largest absolute Gasteiger partial charge is 0.489 e. The molecule has 2 fully saturated rings. The summed E-state index contributed by atoms with van der Waals surface area (Å²) >= 11 is 0. The molecule has 1 saturated carbocycles. The van der Waals surface area contributed by atoms with E-state index in [0.29, 0.717) is 12.8 Å². The van der Waals surface area contributed by atoms with E-state index in [1.54, 1.807) is 0 Å². The fraction of sp³-hybridized carbons (Fsp3) is 0.655. The number of aryl methyl sites for hydroxylation is 1. The number of likely N-dealkylation sites (N-methyl/N-ethyl adjacent to an activating group) is 1. The Morgan fingerprint density at radius 3 is 2.76 bits per heavy atom. The van der Waals surface area contributed by atoms with Crippen LogP contribution in [-0.2, 0) is 6.42 Å². The van der Waals surface area contributed by atoms with Gasteiger partial charge in [-0.2, -0.15) is 0 Å². The lowest BCUT2D eigenvalue weighted by atomic mass is 9.86. The monoisotopic (exact) mass is 466 g/mol. The summed E-state index contributed by atoms with van der Waals surface area (Å²) in [6.45, 7) is 9.72. The lowest BCUT2D eigenvalue weighted by Crippen LogP contribution is -2.44. The summed E-state index contributed by atoms with van der Waals surface area (Å²) < 4.78 is 6.44. The third-order valence-electron chi connectivity index (χ3n) is 7.97. The molecule has 1 aromatic carbocycles. The van der Waals surface area contributed by atoms with Crippen LogP contribution >= 0.6 is 0 Å². The molecule has 2 N–H and O–H groups in total. The number of para-hydroxylation sites is 1. The van der Waals surface area contributed by atoms with E-state index in [1.165, 1.54) is 50.3 Å². The van der Waals surface area contributed by atoms with Crippen molar-refractivity contribution in [3.8, 4) is 17.6 Å². The quantitative estimate of drug-likeness (QED) is 0.332. The van der Waals surface area contributed by atoms with Gasteiger partial charge in [-0.1, -0.05) is 37.3 Å². The van der Waals surface area contributed by atoms with E-state index < -0.39 is 12.2 Å². The van der Waals surface area contributed by atoms with Gasteiger partial charge in [-0.3, -0.25) is 0 Å². The molecule has 5 heteroatoms. The molecule has 1 aromatic rings. The zero-order valence-electron chi connectivity index (χ0n) is 21.1. The number of benzene rings is 1. The SMILES string of the molecule is CC#CC[C@H](C)[C@H](O)/C=C/[C@@H]1[C@H]2c3cccc(CCCCN4CCN(C)CC4)c3O[C@H]2C[C@H]1O. The van der Waals surface area contributed by atoms with Crippen molar-refractivity contribution in [2.75, 3.05) is 39.8 Å². The van der Waals surface area contributed by atoms with Crippen LogP contribution in [0.3, 0.4) is 0 Å². The predicted molar refractivity (Wildman–Crippen MR) is 137 cm³/mol. The highest BCUT2D eigenvalue weighted by atomic mass is 16.5. The Morgan fingerprint density at radius 2 is 2.00 bits per heavy atom. The third-order valence-corrected chi connectivity index (χ3v) is 7.97. The Morgan fingerprint density at radius 1 is 1.21 bits per heavy atom. The van der Waals surface area contributed by atoms with Crippen molar-refractivity contribution < 1.29 is 14.9 Å². The van der Waals surface area contributed by atoms with E-state index in [4.69, 9.17) is 4.74 Å². The van der Waals surface area contributed by atoms with Crippen LogP contribution in [0.2, 0.25) is 0 Å². The molecule has 1 saturated heterocycles. The number of rotatable bonds is 9. The summed E-state index contributed by atoms with van der Waals surface area (Å²) in [5.74, 6) is 7.19. The lowest BCUT2D eigenvalue weighted by Gasteiger charge is -2.32. The highest BCUT2D eigenvalue weighted by molar-refractivity contribution is 5.49. The minimum atomic E-state index is -0.555. The molecule has 186 valence electrons. The first-order valence-electron chi connectivity index (χ1n) is 13.1. The Bertz CT molecular complexity index is 896. The van der Waals surface area contributed by atoms with Crippen molar-refractivity contribution in [3.63, 3.8) is 0 Å². The fourth-order valence-corrected chi connectivity index (χ4v) is 5.70. The summed E-state index contributed by atoms with van der Waals surface area (Å²) in [6, 6.07) is 6.52. The molecule has 2 heterocycles. The molecule has 0 amide bonds. The molecular formula is C29H42N2O3. The fourth-order valence-electron chi connectivity index (χ4n) is 5.70. The Kier molecular flexibility index (Phi) is 8.71. The van der Waals surface area contributed by atoms with Crippen molar-refractivity contribution >= 4 is 0 Å². The van der Waals surface area contributed by atoms with Crippen molar-refractivity contribution in [2.24, 2.45) is 11.8 Å². The zero-order valence-corrected chi connectivity index (χ0v) is 21.1. The zero-order chi connectivity index (χ0) is 24.1. The van der Waals surface area contributed by atoms with Crippen LogP contribution in [0.15, 0.2) is 30.4 Å². The molecule has 4 rings (SSSR count). The maximum absolute atomic E-state index is 10.8. The number of aliphatic hydroxyl groups excluding tert-OH is 2. The number of ether oxygens (including phenoxy) is 1. The molecule has 0 bridgehead atoms. The van der Waals surface area contributed by atoms with E-state index in [2.05, 4.69) is 46.9 Å². The molecule has 0 radical (unpaired) electrons. The third kappa shape index (κ3) is 5.86. The van der Waals surface area contributed by atoms with Gasteiger partial charge in [-0.25, -0.2) is 0 Å². The van der Waals surface area contributed by atoms with E-state index in [9.17, 15) is 10.2 Å². The molecule has 5 nitrogen and oxygen atoms in total. The number of fused-ring (bicyclic) bond motifs is 3. The van der Waals surface area contributed by atoms with Crippen LogP contribution < -0.4 is 4.74 Å². The first kappa shape index (κ1) is 25.3. The molecule has 0 unspecified atom stereocenters. The summed E-state index contributed by atoms with van der Waals surface area (Å²) in [7, 11) is 2.20. The minimum absolute atomic E-state index is 0.0201. The van der Waals surface area contributed by atoms with Crippen molar-refractivity contribution in [2.45, 2.75) is 70.2 Å². The maximum atomic E-state index is 10.8. The van der Waals surface area contributed by atoms with Gasteiger partial charge in [0.25, 0.3) is 0 Å². The number of hydrogen-bond donors (Lipinski definition) is 2. The van der Waals surface area contributed by atoms with E-state index >= 15 is 0 Å². The highest BCUT2D eigenvalue weighted by Gasteiger charge is 2.48. The molecule has 1 aliphatic carbocycles. The van der Waals surface area contributed by atoms with E-state index in [-0.39, 0.29) is 23.9 Å². The second-order valence-corrected chi connectivity index (χ2v) is 10.5. The smallest absolute Gasteiger partial charge is 0.126 e. The Balaban J connectivity index is 1.36. The van der Waals surface area contributed by atoms with Gasteiger partial charge in [0.1, 0.15) is 11.9 Å². The van der Waals surface area contributed by atoms with Gasteiger partial charge < -0.3 is 24.7 Å². The van der Waals surface area contributed by atoms with Gasteiger partial charge in [0, 0.05) is 56.4 Å². The molecule has 2 aliphatic heterocycles. The van der Waals surface area contributed by atoms with Gasteiger partial charge in [0.15, 0.2) is 0 Å². The topological polar surface area (TPSA) is 56.2 Å². The predicted octanol–water partition coefficient (Wildman–Crippen LogP) is 3.45. The first-order valence-corrected chi connectivity index (χ1v) is 13.1. The minimum Gasteiger partial charge on any atom is -0.489 e. The van der Waals surface area contributed by atoms with Crippen LogP contribution in [0.5, 0.6) is 5.75 Å². The van der Waals surface area contributed by atoms with E-state index in [0.717, 1.165) is 18.6 Å².